The van der Waals surface area contributed by atoms with Gasteiger partial charge in [-0.2, -0.15) is 0 Å². The first-order chi connectivity index (χ1) is 20.1. The Morgan fingerprint density at radius 2 is 1.81 bits per heavy atom. The van der Waals surface area contributed by atoms with Crippen molar-refractivity contribution >= 4 is 91.8 Å². The van der Waals surface area contributed by atoms with Crippen LogP contribution >= 0.6 is 79.7 Å². The van der Waals surface area contributed by atoms with Crippen molar-refractivity contribution < 1.29 is 18.7 Å². The number of allylic oxidation sites excluding steroid dienone is 1. The maximum absolute atomic E-state index is 13.8. The van der Waals surface area contributed by atoms with E-state index >= 15 is 0 Å². The molecule has 0 amide bonds. The fraction of sp³-hybridized carbons (Fsp3) is 0.167. The van der Waals surface area contributed by atoms with E-state index in [1.807, 2.05) is 18.2 Å². The number of rotatable bonds is 7. The fourth-order valence-electron chi connectivity index (χ4n) is 4.49. The number of esters is 1. The molecule has 0 N–H and O–H groups in total. The summed E-state index contributed by atoms with van der Waals surface area (Å²) in [6.45, 7) is 3.85. The van der Waals surface area contributed by atoms with Crippen LogP contribution in [0.15, 0.2) is 75.7 Å². The van der Waals surface area contributed by atoms with E-state index in [0.717, 1.165) is 18.3 Å². The summed E-state index contributed by atoms with van der Waals surface area (Å²) in [6, 6.07) is 14.0. The quantitative estimate of drug-likeness (QED) is 0.148. The fourth-order valence-corrected chi connectivity index (χ4v) is 8.13. The first kappa shape index (κ1) is 31.2. The Bertz CT molecular complexity index is 1900. The van der Waals surface area contributed by atoms with Crippen LogP contribution < -0.4 is 19.6 Å². The van der Waals surface area contributed by atoms with E-state index in [9.17, 15) is 14.0 Å². The molecule has 42 heavy (non-hydrogen) atoms. The van der Waals surface area contributed by atoms with E-state index in [0.29, 0.717) is 36.4 Å². The van der Waals surface area contributed by atoms with Crippen molar-refractivity contribution in [3.05, 3.63) is 125 Å². The van der Waals surface area contributed by atoms with Gasteiger partial charge in [0.2, 0.25) is 0 Å². The van der Waals surface area contributed by atoms with Gasteiger partial charge in [0.05, 0.1) is 35.6 Å². The van der Waals surface area contributed by atoms with Crippen molar-refractivity contribution in [2.45, 2.75) is 26.5 Å². The molecular formula is C30H21Cl2FI2N2O4S. The molecule has 216 valence electrons. The smallest absolute Gasteiger partial charge is 0.338 e. The van der Waals surface area contributed by atoms with Crippen molar-refractivity contribution in [3.8, 4) is 5.75 Å². The lowest BCUT2D eigenvalue weighted by Crippen LogP contribution is -2.39. The molecule has 12 heteroatoms. The maximum atomic E-state index is 13.8. The number of halogens is 5. The Morgan fingerprint density at radius 1 is 1.12 bits per heavy atom. The van der Waals surface area contributed by atoms with Crippen LogP contribution in [0.25, 0.3) is 6.08 Å². The minimum Gasteiger partial charge on any atom is -0.487 e. The molecule has 0 radical (unpaired) electrons. The zero-order valence-corrected chi connectivity index (χ0v) is 28.7. The van der Waals surface area contributed by atoms with Gasteiger partial charge in [0.1, 0.15) is 18.2 Å². The molecule has 1 aliphatic rings. The summed E-state index contributed by atoms with van der Waals surface area (Å²) < 4.78 is 28.8. The molecule has 0 aliphatic carbocycles. The summed E-state index contributed by atoms with van der Waals surface area (Å²) in [5.41, 5.74) is 2.56. The topological polar surface area (TPSA) is 69.9 Å². The molecule has 0 fully saturated rings. The van der Waals surface area contributed by atoms with Gasteiger partial charge >= 0.3 is 5.97 Å². The third-order valence-electron chi connectivity index (χ3n) is 6.41. The lowest BCUT2D eigenvalue weighted by molar-refractivity contribution is -0.139. The van der Waals surface area contributed by atoms with Crippen LogP contribution in [0.1, 0.15) is 36.6 Å². The normalized spacial score (nSPS) is 14.9. The highest BCUT2D eigenvalue weighted by Crippen LogP contribution is 2.32. The van der Waals surface area contributed by atoms with E-state index < -0.39 is 17.8 Å². The zero-order chi connectivity index (χ0) is 30.1. The maximum Gasteiger partial charge on any atom is 0.338 e. The number of carbonyl (C=O) groups excluding carboxylic acids is 1. The van der Waals surface area contributed by atoms with Gasteiger partial charge in [-0.05, 0) is 113 Å². The van der Waals surface area contributed by atoms with E-state index in [1.165, 1.54) is 28.0 Å². The standard InChI is InChI=1S/C30H21Cl2FI2N2O4S/c1-3-40-29(39)25-15(2)36-30-37(26(25)17-5-8-20(33)9-6-17)28(38)24(42-30)12-16-10-22(34)27(23(35)11-16)41-14-18-4-7-19(31)13-21(18)32/h4-13,26H,3,14H2,1-2H3/b24-12-. The zero-order valence-electron chi connectivity index (χ0n) is 22.1. The van der Waals surface area contributed by atoms with Crippen LogP contribution in [0.5, 0.6) is 5.75 Å². The number of aromatic nitrogens is 1. The van der Waals surface area contributed by atoms with Gasteiger partial charge in [0, 0.05) is 15.6 Å². The van der Waals surface area contributed by atoms with Gasteiger partial charge < -0.3 is 9.47 Å². The van der Waals surface area contributed by atoms with Crippen LogP contribution in [-0.2, 0) is 16.1 Å². The Kier molecular flexibility index (Phi) is 9.77. The lowest BCUT2D eigenvalue weighted by atomic mass is 9.96. The molecular weight excluding hydrogens is 828 g/mol. The van der Waals surface area contributed by atoms with E-state index in [2.05, 4.69) is 50.2 Å². The number of benzene rings is 3. The molecule has 5 rings (SSSR count). The number of nitrogens with zero attached hydrogens (tertiary/aromatic N) is 2. The summed E-state index contributed by atoms with van der Waals surface area (Å²) >= 11 is 17.9. The van der Waals surface area contributed by atoms with E-state index in [4.69, 9.17) is 32.7 Å². The second-order valence-electron chi connectivity index (χ2n) is 9.19. The van der Waals surface area contributed by atoms with Gasteiger partial charge in [-0.15, -0.1) is 0 Å². The molecule has 6 nitrogen and oxygen atoms in total. The van der Waals surface area contributed by atoms with Crippen molar-refractivity contribution in [1.29, 1.82) is 0 Å². The molecule has 1 aromatic heterocycles. The SMILES string of the molecule is CCOC(=O)C1=C(C)N=c2s/c(=C\c3cc(I)c(OCc4ccc(Cl)cc4Cl)c(I)c3)c(=O)n2C1c1ccc(F)cc1. The average Bonchev–Trinajstić information content (AvgIpc) is 3.23. The molecule has 0 saturated heterocycles. The first-order valence-electron chi connectivity index (χ1n) is 12.6. The van der Waals surface area contributed by atoms with E-state index in [-0.39, 0.29) is 24.3 Å². The number of carbonyl (C=O) groups is 1. The van der Waals surface area contributed by atoms with Crippen molar-refractivity contribution in [1.82, 2.24) is 4.57 Å². The summed E-state index contributed by atoms with van der Waals surface area (Å²) in [5.74, 6) is -0.286. The lowest BCUT2D eigenvalue weighted by Gasteiger charge is -2.24. The van der Waals surface area contributed by atoms with E-state index in [1.54, 1.807) is 44.2 Å². The van der Waals surface area contributed by atoms with Gasteiger partial charge in [0.15, 0.2) is 4.80 Å². The molecule has 0 bridgehead atoms. The minimum atomic E-state index is -0.807. The molecule has 1 atom stereocenters. The second kappa shape index (κ2) is 13.2. The monoisotopic (exact) mass is 848 g/mol. The van der Waals surface area contributed by atoms with Gasteiger partial charge in [0.25, 0.3) is 5.56 Å². The highest BCUT2D eigenvalue weighted by atomic mass is 127. The number of thiazole rings is 1. The number of hydrogen-bond donors (Lipinski definition) is 0. The van der Waals surface area contributed by atoms with Gasteiger partial charge in [-0.3, -0.25) is 9.36 Å². The van der Waals surface area contributed by atoms with Crippen LogP contribution in [-0.4, -0.2) is 17.1 Å². The molecule has 1 aliphatic heterocycles. The minimum absolute atomic E-state index is 0.167. The molecule has 3 aromatic carbocycles. The van der Waals surface area contributed by atoms with Crippen molar-refractivity contribution in [2.75, 3.05) is 6.61 Å². The highest BCUT2D eigenvalue weighted by molar-refractivity contribution is 14.1. The predicted octanol–water partition coefficient (Wildman–Crippen LogP) is 7.03. The molecule has 2 heterocycles. The summed E-state index contributed by atoms with van der Waals surface area (Å²) in [7, 11) is 0. The van der Waals surface area contributed by atoms with Crippen LogP contribution in [0, 0.1) is 13.0 Å². The largest absolute Gasteiger partial charge is 0.487 e. The third-order valence-corrected chi connectivity index (χ3v) is 9.58. The Morgan fingerprint density at radius 3 is 2.45 bits per heavy atom. The summed E-state index contributed by atoms with van der Waals surface area (Å²) in [5, 5.41) is 1.08. The van der Waals surface area contributed by atoms with Gasteiger partial charge in [-0.1, -0.05) is 52.7 Å². The van der Waals surface area contributed by atoms with Crippen LogP contribution in [0.2, 0.25) is 10.0 Å². The van der Waals surface area contributed by atoms with Gasteiger partial charge in [-0.25, -0.2) is 14.2 Å². The molecule has 4 aromatic rings. The average molecular weight is 849 g/mol. The Hall–Kier alpha value is -2.26. The highest BCUT2D eigenvalue weighted by Gasteiger charge is 2.33. The van der Waals surface area contributed by atoms with Crippen molar-refractivity contribution in [2.24, 2.45) is 4.99 Å². The van der Waals surface area contributed by atoms with Crippen molar-refractivity contribution in [3.63, 3.8) is 0 Å². The van der Waals surface area contributed by atoms with Crippen LogP contribution in [0.4, 0.5) is 4.39 Å². The first-order valence-corrected chi connectivity index (χ1v) is 16.3. The summed E-state index contributed by atoms with van der Waals surface area (Å²) in [6.07, 6.45) is 1.79. The molecule has 1 unspecified atom stereocenters. The van der Waals surface area contributed by atoms with Crippen LogP contribution in [0.3, 0.4) is 0 Å². The molecule has 0 saturated carbocycles. The number of fused-ring (bicyclic) bond motifs is 1. The third kappa shape index (κ3) is 6.47. The Labute approximate surface area is 281 Å². The Balaban J connectivity index is 1.54. The predicted molar refractivity (Wildman–Crippen MR) is 179 cm³/mol. The second-order valence-corrected chi connectivity index (χ2v) is 13.4. The number of hydrogen-bond acceptors (Lipinski definition) is 6. The summed E-state index contributed by atoms with van der Waals surface area (Å²) in [4.78, 5) is 31.9. The molecule has 0 spiro atoms. The number of ether oxygens (including phenoxy) is 2.